The van der Waals surface area contributed by atoms with Gasteiger partial charge in [0.25, 0.3) is 5.91 Å². The number of ether oxygens (including phenoxy) is 1. The van der Waals surface area contributed by atoms with E-state index in [4.69, 9.17) is 4.74 Å². The van der Waals surface area contributed by atoms with Crippen LogP contribution in [0.25, 0.3) is 11.0 Å². The molecule has 3 aromatic rings. The Bertz CT molecular complexity index is 1250. The van der Waals surface area contributed by atoms with Crippen molar-refractivity contribution >= 4 is 52.1 Å². The van der Waals surface area contributed by atoms with Crippen molar-refractivity contribution in [2.24, 2.45) is 0 Å². The second-order valence-electron chi connectivity index (χ2n) is 8.55. The predicted octanol–water partition coefficient (Wildman–Crippen LogP) is 3.67. The summed E-state index contributed by atoms with van der Waals surface area (Å²) in [6, 6.07) is 11.7. The normalized spacial score (nSPS) is 16.5. The van der Waals surface area contributed by atoms with Crippen LogP contribution in [0, 0.1) is 0 Å². The average molecular weight is 510 g/mol. The number of anilines is 1. The summed E-state index contributed by atoms with van der Waals surface area (Å²) in [7, 11) is 0. The molecular weight excluding hydrogens is 482 g/mol. The maximum atomic E-state index is 12.7. The first-order valence-corrected chi connectivity index (χ1v) is 13.8. The minimum absolute atomic E-state index is 0.0335. The molecule has 35 heavy (non-hydrogen) atoms. The standard InChI is InChI=1S/C25H27N5O3S2/c1-34-18-3-4-19-20(13-18)29-24(14-26-19)33-11-10-30-8-6-17(7-9-30)27-25(32)16-2-5-22-21(12-16)28-23(31)15-35-22/h2-5,12-14,17H,6-11,15H2,1H3,(H,27,32)(H,28,31). The van der Waals surface area contributed by atoms with Crippen LogP contribution in [0.5, 0.6) is 5.88 Å². The van der Waals surface area contributed by atoms with Gasteiger partial charge in [0, 0.05) is 41.0 Å². The van der Waals surface area contributed by atoms with Crippen molar-refractivity contribution in [1.82, 2.24) is 20.2 Å². The minimum Gasteiger partial charge on any atom is -0.475 e. The number of nitrogens with zero attached hydrogens (tertiary/aromatic N) is 3. The van der Waals surface area contributed by atoms with E-state index in [-0.39, 0.29) is 17.9 Å². The smallest absolute Gasteiger partial charge is 0.251 e. The molecule has 0 unspecified atom stereocenters. The molecule has 2 amide bonds. The van der Waals surface area contributed by atoms with Gasteiger partial charge in [0.05, 0.1) is 28.7 Å². The topological polar surface area (TPSA) is 96.5 Å². The summed E-state index contributed by atoms with van der Waals surface area (Å²) in [5.41, 5.74) is 2.99. The number of hydrogen-bond acceptors (Lipinski definition) is 8. The maximum Gasteiger partial charge on any atom is 0.251 e. The lowest BCUT2D eigenvalue weighted by molar-refractivity contribution is -0.113. The quantitative estimate of drug-likeness (QED) is 0.466. The number of nitrogens with one attached hydrogen (secondary N) is 2. The Kier molecular flexibility index (Phi) is 7.40. The van der Waals surface area contributed by atoms with Gasteiger partial charge in [-0.1, -0.05) is 0 Å². The predicted molar refractivity (Wildman–Crippen MR) is 140 cm³/mol. The van der Waals surface area contributed by atoms with E-state index in [1.807, 2.05) is 36.6 Å². The number of likely N-dealkylation sites (tertiary alicyclic amines) is 1. The highest BCUT2D eigenvalue weighted by atomic mass is 32.2. The molecule has 3 heterocycles. The van der Waals surface area contributed by atoms with E-state index >= 15 is 0 Å². The van der Waals surface area contributed by atoms with Gasteiger partial charge in [-0.3, -0.25) is 14.5 Å². The van der Waals surface area contributed by atoms with E-state index in [1.54, 1.807) is 24.0 Å². The van der Waals surface area contributed by atoms with Gasteiger partial charge in [-0.15, -0.1) is 23.5 Å². The fourth-order valence-electron chi connectivity index (χ4n) is 4.24. The SMILES string of the molecule is CSc1ccc2ncc(OCCN3CCC(NC(=O)c4ccc5c(c4)NC(=O)CS5)CC3)nc2c1. The van der Waals surface area contributed by atoms with Crippen LogP contribution in [-0.4, -0.2) is 71.0 Å². The Morgan fingerprint density at radius 2 is 2.09 bits per heavy atom. The fourth-order valence-corrected chi connectivity index (χ4v) is 5.47. The van der Waals surface area contributed by atoms with E-state index < -0.39 is 0 Å². The van der Waals surface area contributed by atoms with Crippen LogP contribution in [0.4, 0.5) is 5.69 Å². The summed E-state index contributed by atoms with van der Waals surface area (Å²) in [6.45, 7) is 3.13. The van der Waals surface area contributed by atoms with E-state index in [1.165, 1.54) is 11.8 Å². The third-order valence-corrected chi connectivity index (χ3v) is 7.98. The zero-order chi connectivity index (χ0) is 24.2. The number of carbonyl (C=O) groups excluding carboxylic acids is 2. The van der Waals surface area contributed by atoms with Gasteiger partial charge >= 0.3 is 0 Å². The number of thioether (sulfide) groups is 2. The van der Waals surface area contributed by atoms with Gasteiger partial charge in [-0.2, -0.15) is 0 Å². The average Bonchev–Trinajstić information content (AvgIpc) is 2.88. The highest BCUT2D eigenvalue weighted by Crippen LogP contribution is 2.32. The molecule has 1 saturated heterocycles. The molecule has 0 radical (unpaired) electrons. The van der Waals surface area contributed by atoms with Crippen LogP contribution >= 0.6 is 23.5 Å². The second-order valence-corrected chi connectivity index (χ2v) is 10.4. The number of fused-ring (bicyclic) bond motifs is 2. The van der Waals surface area contributed by atoms with E-state index in [0.717, 1.165) is 59.0 Å². The van der Waals surface area contributed by atoms with Gasteiger partial charge in [0.2, 0.25) is 11.8 Å². The van der Waals surface area contributed by atoms with Crippen LogP contribution < -0.4 is 15.4 Å². The van der Waals surface area contributed by atoms with E-state index in [9.17, 15) is 9.59 Å². The minimum atomic E-state index is -0.0982. The molecule has 1 fully saturated rings. The molecule has 2 aliphatic heterocycles. The Morgan fingerprint density at radius 3 is 2.91 bits per heavy atom. The number of carbonyl (C=O) groups is 2. The highest BCUT2D eigenvalue weighted by Gasteiger charge is 2.22. The Hall–Kier alpha value is -2.82. The summed E-state index contributed by atoms with van der Waals surface area (Å²) in [5.74, 6) is 0.821. The molecule has 5 rings (SSSR count). The number of benzene rings is 2. The number of hydrogen-bond donors (Lipinski definition) is 2. The molecule has 2 N–H and O–H groups in total. The molecule has 2 aromatic carbocycles. The zero-order valence-corrected chi connectivity index (χ0v) is 21.1. The van der Waals surface area contributed by atoms with Crippen LogP contribution in [-0.2, 0) is 4.79 Å². The van der Waals surface area contributed by atoms with Crippen LogP contribution in [0.15, 0.2) is 52.4 Å². The monoisotopic (exact) mass is 509 g/mol. The molecule has 0 saturated carbocycles. The van der Waals surface area contributed by atoms with E-state index in [0.29, 0.717) is 23.8 Å². The highest BCUT2D eigenvalue weighted by molar-refractivity contribution is 8.00. The van der Waals surface area contributed by atoms with Crippen molar-refractivity contribution in [2.45, 2.75) is 28.7 Å². The van der Waals surface area contributed by atoms with Gasteiger partial charge in [-0.05, 0) is 55.5 Å². The van der Waals surface area contributed by atoms with E-state index in [2.05, 4.69) is 25.5 Å². The lowest BCUT2D eigenvalue weighted by Crippen LogP contribution is -2.45. The summed E-state index contributed by atoms with van der Waals surface area (Å²) in [6.07, 6.45) is 5.48. The molecule has 0 atom stereocenters. The van der Waals surface area contributed by atoms with Crippen molar-refractivity contribution in [3.63, 3.8) is 0 Å². The van der Waals surface area contributed by atoms with Gasteiger partial charge < -0.3 is 15.4 Å². The number of rotatable bonds is 7. The van der Waals surface area contributed by atoms with Crippen molar-refractivity contribution < 1.29 is 14.3 Å². The fraction of sp³-hybridized carbons (Fsp3) is 0.360. The van der Waals surface area contributed by atoms with Gasteiger partial charge in [0.15, 0.2) is 0 Å². The lowest BCUT2D eigenvalue weighted by Gasteiger charge is -2.32. The maximum absolute atomic E-state index is 12.7. The van der Waals surface area contributed by atoms with Crippen molar-refractivity contribution in [3.8, 4) is 5.88 Å². The summed E-state index contributed by atoms with van der Waals surface area (Å²) < 4.78 is 5.87. The first-order valence-electron chi connectivity index (χ1n) is 11.6. The van der Waals surface area contributed by atoms with Crippen molar-refractivity contribution in [3.05, 3.63) is 48.2 Å². The summed E-state index contributed by atoms with van der Waals surface area (Å²) in [5, 5.41) is 5.99. The Balaban J connectivity index is 1.07. The van der Waals surface area contributed by atoms with Gasteiger partial charge in [0.1, 0.15) is 6.61 Å². The van der Waals surface area contributed by atoms with Crippen LogP contribution in [0.3, 0.4) is 0 Å². The molecular formula is C25H27N5O3S2. The molecule has 2 aliphatic rings. The number of piperidine rings is 1. The van der Waals surface area contributed by atoms with Crippen molar-refractivity contribution in [2.75, 3.05) is 43.6 Å². The molecule has 182 valence electrons. The molecule has 0 aliphatic carbocycles. The van der Waals surface area contributed by atoms with Crippen LogP contribution in [0.2, 0.25) is 0 Å². The third kappa shape index (κ3) is 5.88. The van der Waals surface area contributed by atoms with Gasteiger partial charge in [-0.25, -0.2) is 9.97 Å². The largest absolute Gasteiger partial charge is 0.475 e. The molecule has 1 aromatic heterocycles. The molecule has 10 heteroatoms. The Labute approximate surface area is 212 Å². The summed E-state index contributed by atoms with van der Waals surface area (Å²) >= 11 is 3.17. The zero-order valence-electron chi connectivity index (χ0n) is 19.5. The first kappa shape index (κ1) is 23.9. The summed E-state index contributed by atoms with van der Waals surface area (Å²) in [4.78, 5) is 37.9. The molecule has 0 bridgehead atoms. The number of aromatic nitrogens is 2. The van der Waals surface area contributed by atoms with Crippen LogP contribution in [0.1, 0.15) is 23.2 Å². The lowest BCUT2D eigenvalue weighted by atomic mass is 10.0. The third-order valence-electron chi connectivity index (χ3n) is 6.18. The second kappa shape index (κ2) is 10.8. The van der Waals surface area contributed by atoms with Crippen molar-refractivity contribution in [1.29, 1.82) is 0 Å². The molecule has 8 nitrogen and oxygen atoms in total. The first-order chi connectivity index (χ1) is 17.1. The molecule has 0 spiro atoms. The Morgan fingerprint density at radius 1 is 1.23 bits per heavy atom. The number of amides is 2.